The number of halogens is 1. The fourth-order valence-corrected chi connectivity index (χ4v) is 6.71. The van der Waals surface area contributed by atoms with Gasteiger partial charge in [0.1, 0.15) is 0 Å². The molecule has 4 nitrogen and oxygen atoms in total. The molecule has 6 heteroatoms. The number of fused-ring (bicyclic) bond motifs is 2. The third-order valence-corrected chi connectivity index (χ3v) is 8.87. The number of carbonyl (C=O) groups is 1. The molecule has 0 spiro atoms. The van der Waals surface area contributed by atoms with E-state index in [1.165, 1.54) is 9.84 Å². The van der Waals surface area contributed by atoms with Crippen molar-refractivity contribution in [2.24, 2.45) is 28.6 Å². The van der Waals surface area contributed by atoms with Crippen molar-refractivity contribution >= 4 is 27.5 Å². The van der Waals surface area contributed by atoms with Gasteiger partial charge in [-0.3, -0.25) is 4.79 Å². The summed E-state index contributed by atoms with van der Waals surface area (Å²) in [5, 5.41) is 0. The summed E-state index contributed by atoms with van der Waals surface area (Å²) >= 11 is 5.61. The molecule has 2 rings (SSSR count). The molecule has 0 aromatic heterocycles. The second-order valence-electron chi connectivity index (χ2n) is 8.59. The fourth-order valence-electron chi connectivity index (χ4n) is 4.31. The van der Waals surface area contributed by atoms with Crippen LogP contribution in [0.5, 0.6) is 0 Å². The minimum absolute atomic E-state index is 0.0598. The first-order chi connectivity index (χ1) is 11.0. The molecule has 0 aromatic rings. The van der Waals surface area contributed by atoms with Gasteiger partial charge in [-0.2, -0.15) is 0 Å². The van der Waals surface area contributed by atoms with Crippen molar-refractivity contribution in [1.82, 2.24) is 4.31 Å². The minimum atomic E-state index is -3.60. The normalized spacial score (nSPS) is 33.0. The van der Waals surface area contributed by atoms with Crippen LogP contribution in [-0.2, 0) is 14.8 Å². The van der Waals surface area contributed by atoms with E-state index in [2.05, 4.69) is 20.8 Å². The molecule has 0 N–H and O–H groups in total. The molecule has 1 heterocycles. The maximum absolute atomic E-state index is 13.1. The van der Waals surface area contributed by atoms with Gasteiger partial charge in [0, 0.05) is 18.0 Å². The molecule has 3 atom stereocenters. The van der Waals surface area contributed by atoms with Gasteiger partial charge < -0.3 is 0 Å². The van der Waals surface area contributed by atoms with Crippen LogP contribution in [0.2, 0.25) is 0 Å². The smallest absolute Gasteiger partial charge is 0.239 e. The zero-order valence-electron chi connectivity index (χ0n) is 15.4. The first-order valence-electron chi connectivity index (χ1n) is 8.76. The van der Waals surface area contributed by atoms with E-state index >= 15 is 0 Å². The van der Waals surface area contributed by atoms with Gasteiger partial charge in [-0.05, 0) is 41.9 Å². The minimum Gasteiger partial charge on any atom is -0.273 e. The average molecular weight is 376 g/mol. The van der Waals surface area contributed by atoms with E-state index in [1.54, 1.807) is 6.08 Å². The van der Waals surface area contributed by atoms with Crippen molar-refractivity contribution in [2.45, 2.75) is 53.9 Å². The Labute approximate surface area is 151 Å². The number of carbonyl (C=O) groups excluding carboxylic acids is 1. The van der Waals surface area contributed by atoms with Crippen LogP contribution in [0, 0.1) is 28.6 Å². The summed E-state index contributed by atoms with van der Waals surface area (Å²) in [5.41, 5.74) is 1.04. The van der Waals surface area contributed by atoms with Crippen LogP contribution in [-0.4, -0.2) is 30.9 Å². The van der Waals surface area contributed by atoms with Crippen molar-refractivity contribution in [1.29, 1.82) is 0 Å². The van der Waals surface area contributed by atoms with Gasteiger partial charge in [0.25, 0.3) is 0 Å². The summed E-state index contributed by atoms with van der Waals surface area (Å²) < 4.78 is 27.2. The maximum atomic E-state index is 13.1. The first-order valence-corrected chi connectivity index (χ1v) is 10.8. The molecule has 0 aromatic carbocycles. The Morgan fingerprint density at radius 1 is 1.33 bits per heavy atom. The van der Waals surface area contributed by atoms with Crippen molar-refractivity contribution in [3.05, 3.63) is 11.6 Å². The highest BCUT2D eigenvalue weighted by atomic mass is 35.5. The number of rotatable bonds is 4. The SMILES string of the molecule is CC(C)[C@H](C/C=C/Cl)C(=O)N1CC2CCC(C)(CS1(=O)=O)C2(C)C. The topological polar surface area (TPSA) is 54.5 Å². The highest BCUT2D eigenvalue weighted by molar-refractivity contribution is 7.89. The number of hydrogen-bond donors (Lipinski definition) is 0. The van der Waals surface area contributed by atoms with Crippen LogP contribution in [0.4, 0.5) is 0 Å². The van der Waals surface area contributed by atoms with E-state index in [1.807, 2.05) is 13.8 Å². The average Bonchev–Trinajstić information content (AvgIpc) is 2.61. The summed E-state index contributed by atoms with van der Waals surface area (Å²) in [4.78, 5) is 13.1. The Hall–Kier alpha value is -0.550. The molecule has 1 aliphatic heterocycles. The number of nitrogens with zero attached hydrogens (tertiary/aromatic N) is 1. The molecular formula is C18H30ClNO3S. The van der Waals surface area contributed by atoms with Crippen LogP contribution in [0.1, 0.15) is 53.9 Å². The van der Waals surface area contributed by atoms with Gasteiger partial charge in [-0.1, -0.05) is 52.3 Å². The summed E-state index contributed by atoms with van der Waals surface area (Å²) in [6, 6.07) is 0. The molecule has 138 valence electrons. The van der Waals surface area contributed by atoms with E-state index < -0.39 is 10.0 Å². The molecular weight excluding hydrogens is 346 g/mol. The molecule has 2 bridgehead atoms. The van der Waals surface area contributed by atoms with Crippen LogP contribution < -0.4 is 0 Å². The number of sulfonamides is 1. The summed E-state index contributed by atoms with van der Waals surface area (Å²) in [6.07, 6.45) is 4.09. The van der Waals surface area contributed by atoms with Crippen LogP contribution >= 0.6 is 11.6 Å². The van der Waals surface area contributed by atoms with Crippen LogP contribution in [0.3, 0.4) is 0 Å². The van der Waals surface area contributed by atoms with Crippen LogP contribution in [0.15, 0.2) is 11.6 Å². The summed E-state index contributed by atoms with van der Waals surface area (Å²) in [5.74, 6) is -0.287. The molecule has 0 radical (unpaired) electrons. The highest BCUT2D eigenvalue weighted by Crippen LogP contribution is 2.58. The Morgan fingerprint density at radius 3 is 2.50 bits per heavy atom. The number of amides is 1. The second-order valence-corrected chi connectivity index (χ2v) is 10.7. The third kappa shape index (κ3) is 3.26. The molecule has 2 fully saturated rings. The third-order valence-electron chi connectivity index (χ3n) is 6.69. The standard InChI is InChI=1S/C18H30ClNO3S/c1-13(2)15(7-6-10-19)16(21)20-11-14-8-9-18(5,17(14,3)4)12-24(20,22)23/h6,10,13-15H,7-9,11-12H2,1-5H3/b10-6+/t14?,15-,18?/m0/s1. The molecule has 1 saturated carbocycles. The molecule has 1 saturated heterocycles. The maximum Gasteiger partial charge on any atom is 0.239 e. The number of allylic oxidation sites excluding steroid dienone is 1. The van der Waals surface area contributed by atoms with Crippen molar-refractivity contribution in [3.8, 4) is 0 Å². The molecule has 1 aliphatic carbocycles. The van der Waals surface area contributed by atoms with E-state index in [4.69, 9.17) is 11.6 Å². The predicted octanol–water partition coefficient (Wildman–Crippen LogP) is 4.02. The summed E-state index contributed by atoms with van der Waals surface area (Å²) in [7, 11) is -3.60. The first kappa shape index (κ1) is 19.8. The lowest BCUT2D eigenvalue weighted by atomic mass is 9.67. The number of hydrogen-bond acceptors (Lipinski definition) is 3. The quantitative estimate of drug-likeness (QED) is 0.745. The largest absolute Gasteiger partial charge is 0.273 e. The van der Waals surface area contributed by atoms with Gasteiger partial charge in [0.2, 0.25) is 15.9 Å². The Kier molecular flexibility index (Phi) is 5.47. The highest BCUT2D eigenvalue weighted by Gasteiger charge is 2.57. The second kappa shape index (κ2) is 6.64. The van der Waals surface area contributed by atoms with E-state index in [9.17, 15) is 13.2 Å². The van der Waals surface area contributed by atoms with Gasteiger partial charge >= 0.3 is 0 Å². The fraction of sp³-hybridized carbons (Fsp3) is 0.833. The summed E-state index contributed by atoms with van der Waals surface area (Å²) in [6.45, 7) is 10.6. The van der Waals surface area contributed by atoms with Gasteiger partial charge in [-0.15, -0.1) is 0 Å². The Morgan fingerprint density at radius 2 is 1.96 bits per heavy atom. The molecule has 2 unspecified atom stereocenters. The predicted molar refractivity (Wildman–Crippen MR) is 98.0 cm³/mol. The van der Waals surface area contributed by atoms with Crippen molar-refractivity contribution in [2.75, 3.05) is 12.3 Å². The lowest BCUT2D eigenvalue weighted by Gasteiger charge is -2.38. The zero-order chi connectivity index (χ0) is 18.3. The molecule has 2 aliphatic rings. The lowest BCUT2D eigenvalue weighted by Crippen LogP contribution is -2.45. The van der Waals surface area contributed by atoms with Gasteiger partial charge in [0.05, 0.1) is 5.75 Å². The monoisotopic (exact) mass is 375 g/mol. The van der Waals surface area contributed by atoms with Gasteiger partial charge in [-0.25, -0.2) is 12.7 Å². The van der Waals surface area contributed by atoms with Gasteiger partial charge in [0.15, 0.2) is 0 Å². The van der Waals surface area contributed by atoms with E-state index in [-0.39, 0.29) is 40.2 Å². The Balaban J connectivity index is 2.38. The van der Waals surface area contributed by atoms with Crippen molar-refractivity contribution in [3.63, 3.8) is 0 Å². The molecule has 24 heavy (non-hydrogen) atoms. The van der Waals surface area contributed by atoms with E-state index in [0.29, 0.717) is 13.0 Å². The zero-order valence-corrected chi connectivity index (χ0v) is 17.0. The molecule has 1 amide bonds. The van der Waals surface area contributed by atoms with Crippen LogP contribution in [0.25, 0.3) is 0 Å². The van der Waals surface area contributed by atoms with E-state index in [0.717, 1.165) is 12.8 Å². The van der Waals surface area contributed by atoms with Crippen molar-refractivity contribution < 1.29 is 13.2 Å². The lowest BCUT2D eigenvalue weighted by molar-refractivity contribution is -0.132. The Bertz CT molecular complexity index is 626.